The topological polar surface area (TPSA) is 78.4 Å². The second kappa shape index (κ2) is 7.67. The number of nitrogens with one attached hydrogen (secondary N) is 2. The van der Waals surface area contributed by atoms with Crippen LogP contribution >= 0.6 is 0 Å². The van der Waals surface area contributed by atoms with Crippen molar-refractivity contribution in [1.82, 2.24) is 10.6 Å². The van der Waals surface area contributed by atoms with Crippen LogP contribution in [0.25, 0.3) is 0 Å². The van der Waals surface area contributed by atoms with Crippen LogP contribution in [-0.4, -0.2) is 29.7 Å². The maximum atomic E-state index is 11.9. The molecule has 2 amide bonds. The number of hydrogen-bond donors (Lipinski definition) is 3. The highest BCUT2D eigenvalue weighted by Crippen LogP contribution is 2.32. The van der Waals surface area contributed by atoms with Crippen molar-refractivity contribution in [2.45, 2.75) is 44.1 Å². The first-order valence-corrected chi connectivity index (χ1v) is 7.48. The molecule has 2 atom stereocenters. The Morgan fingerprint density at radius 2 is 1.86 bits per heavy atom. The number of rotatable bonds is 5. The summed E-state index contributed by atoms with van der Waals surface area (Å²) in [7, 11) is 0. The monoisotopic (exact) mass is 290 g/mol. The minimum atomic E-state index is -0.907. The van der Waals surface area contributed by atoms with Crippen molar-refractivity contribution in [3.63, 3.8) is 0 Å². The van der Waals surface area contributed by atoms with Crippen molar-refractivity contribution in [3.05, 3.63) is 35.9 Å². The zero-order chi connectivity index (χ0) is 15.1. The quantitative estimate of drug-likeness (QED) is 0.779. The van der Waals surface area contributed by atoms with E-state index in [1.165, 1.54) is 12.0 Å². The Bertz CT molecular complexity index is 476. The van der Waals surface area contributed by atoms with Crippen molar-refractivity contribution in [2.24, 2.45) is 0 Å². The van der Waals surface area contributed by atoms with Gasteiger partial charge in [-0.25, -0.2) is 4.79 Å². The van der Waals surface area contributed by atoms with Gasteiger partial charge in [-0.3, -0.25) is 4.79 Å². The van der Waals surface area contributed by atoms with E-state index in [4.69, 9.17) is 5.11 Å². The lowest BCUT2D eigenvalue weighted by molar-refractivity contribution is -0.136. The fraction of sp³-hybridized carbons (Fsp3) is 0.500. The lowest BCUT2D eigenvalue weighted by Crippen LogP contribution is -2.46. The normalized spacial score (nSPS) is 21.5. The predicted molar refractivity (Wildman–Crippen MR) is 80.2 cm³/mol. The number of carboxylic acid groups (broad SMARTS) is 1. The molecule has 1 aromatic carbocycles. The third-order valence-corrected chi connectivity index (χ3v) is 3.93. The highest BCUT2D eigenvalue weighted by Gasteiger charge is 2.27. The summed E-state index contributed by atoms with van der Waals surface area (Å²) in [6.45, 7) is 0.157. The molecule has 1 aromatic rings. The number of hydrogen-bond acceptors (Lipinski definition) is 2. The van der Waals surface area contributed by atoms with Crippen LogP contribution in [0.15, 0.2) is 30.3 Å². The summed E-state index contributed by atoms with van der Waals surface area (Å²) in [5, 5.41) is 14.2. The van der Waals surface area contributed by atoms with E-state index >= 15 is 0 Å². The third-order valence-electron chi connectivity index (χ3n) is 3.93. The van der Waals surface area contributed by atoms with Crippen LogP contribution in [0.1, 0.15) is 43.6 Å². The molecule has 0 aliphatic heterocycles. The molecule has 3 N–H and O–H groups in total. The summed E-state index contributed by atoms with van der Waals surface area (Å²) in [6.07, 6.45) is 4.28. The highest BCUT2D eigenvalue weighted by molar-refractivity contribution is 5.75. The molecule has 1 saturated carbocycles. The van der Waals surface area contributed by atoms with Gasteiger partial charge >= 0.3 is 12.0 Å². The SMILES string of the molecule is O=C(O)CCNC(=O)NC1CCCCC1c1ccccc1. The fourth-order valence-corrected chi connectivity index (χ4v) is 2.91. The second-order valence-electron chi connectivity index (χ2n) is 5.45. The zero-order valence-corrected chi connectivity index (χ0v) is 12.0. The van der Waals surface area contributed by atoms with Gasteiger partial charge < -0.3 is 15.7 Å². The number of amides is 2. The number of benzene rings is 1. The van der Waals surface area contributed by atoms with Crippen molar-refractivity contribution in [3.8, 4) is 0 Å². The average Bonchev–Trinajstić information content (AvgIpc) is 2.48. The first-order valence-electron chi connectivity index (χ1n) is 7.48. The van der Waals surface area contributed by atoms with Gasteiger partial charge in [0.2, 0.25) is 0 Å². The van der Waals surface area contributed by atoms with Gasteiger partial charge in [-0.15, -0.1) is 0 Å². The molecular weight excluding hydrogens is 268 g/mol. The van der Waals surface area contributed by atoms with Crippen LogP contribution in [0.4, 0.5) is 4.79 Å². The van der Waals surface area contributed by atoms with Crippen LogP contribution in [-0.2, 0) is 4.79 Å². The van der Waals surface area contributed by atoms with E-state index in [1.807, 2.05) is 18.2 Å². The summed E-state index contributed by atoms with van der Waals surface area (Å²) in [5.41, 5.74) is 1.26. The van der Waals surface area contributed by atoms with Gasteiger partial charge in [-0.2, -0.15) is 0 Å². The molecule has 2 rings (SSSR count). The Morgan fingerprint density at radius 1 is 1.14 bits per heavy atom. The van der Waals surface area contributed by atoms with E-state index in [9.17, 15) is 9.59 Å². The van der Waals surface area contributed by atoms with E-state index in [0.29, 0.717) is 5.92 Å². The van der Waals surface area contributed by atoms with Crippen LogP contribution < -0.4 is 10.6 Å². The summed E-state index contributed by atoms with van der Waals surface area (Å²) in [4.78, 5) is 22.3. The molecule has 0 aromatic heterocycles. The molecular formula is C16H22N2O3. The smallest absolute Gasteiger partial charge is 0.315 e. The standard InChI is InChI=1S/C16H22N2O3/c19-15(20)10-11-17-16(21)18-14-9-5-4-8-13(14)12-6-2-1-3-7-12/h1-3,6-7,13-14H,4-5,8-11H2,(H,19,20)(H2,17,18,21). The molecule has 1 aliphatic rings. The molecule has 0 bridgehead atoms. The van der Waals surface area contributed by atoms with E-state index < -0.39 is 5.97 Å². The van der Waals surface area contributed by atoms with Crippen LogP contribution in [0.2, 0.25) is 0 Å². The van der Waals surface area contributed by atoms with Crippen molar-refractivity contribution >= 4 is 12.0 Å². The Balaban J connectivity index is 1.90. The van der Waals surface area contributed by atoms with Gasteiger partial charge in [-0.05, 0) is 18.4 Å². The number of aliphatic carboxylic acids is 1. The Kier molecular flexibility index (Phi) is 5.60. The molecule has 0 radical (unpaired) electrons. The van der Waals surface area contributed by atoms with Crippen LogP contribution in [0.3, 0.4) is 0 Å². The van der Waals surface area contributed by atoms with Crippen molar-refractivity contribution in [2.75, 3.05) is 6.54 Å². The van der Waals surface area contributed by atoms with Gasteiger partial charge in [0.25, 0.3) is 0 Å². The Hall–Kier alpha value is -2.04. The van der Waals surface area contributed by atoms with E-state index in [1.54, 1.807) is 0 Å². The van der Waals surface area contributed by atoms with E-state index in [0.717, 1.165) is 19.3 Å². The lowest BCUT2D eigenvalue weighted by atomic mass is 9.80. The molecule has 0 saturated heterocycles. The number of carboxylic acids is 1. The van der Waals surface area contributed by atoms with Gasteiger partial charge in [0.15, 0.2) is 0 Å². The minimum Gasteiger partial charge on any atom is -0.481 e. The van der Waals surface area contributed by atoms with Crippen LogP contribution in [0.5, 0.6) is 0 Å². The van der Waals surface area contributed by atoms with Gasteiger partial charge in [0.1, 0.15) is 0 Å². The fourth-order valence-electron chi connectivity index (χ4n) is 2.91. The van der Waals surface area contributed by atoms with E-state index in [2.05, 4.69) is 22.8 Å². The predicted octanol–water partition coefficient (Wildman–Crippen LogP) is 2.49. The molecule has 5 nitrogen and oxygen atoms in total. The Labute approximate surface area is 124 Å². The lowest BCUT2D eigenvalue weighted by Gasteiger charge is -2.32. The third kappa shape index (κ3) is 4.77. The summed E-state index contributed by atoms with van der Waals surface area (Å²) >= 11 is 0. The average molecular weight is 290 g/mol. The molecule has 0 heterocycles. The van der Waals surface area contributed by atoms with Crippen molar-refractivity contribution in [1.29, 1.82) is 0 Å². The zero-order valence-electron chi connectivity index (χ0n) is 12.0. The highest BCUT2D eigenvalue weighted by atomic mass is 16.4. The number of carbonyl (C=O) groups excluding carboxylic acids is 1. The molecule has 21 heavy (non-hydrogen) atoms. The summed E-state index contributed by atoms with van der Waals surface area (Å²) < 4.78 is 0. The van der Waals surface area contributed by atoms with Crippen LogP contribution in [0, 0.1) is 0 Å². The first kappa shape index (κ1) is 15.4. The molecule has 0 spiro atoms. The Morgan fingerprint density at radius 3 is 2.57 bits per heavy atom. The van der Waals surface area contributed by atoms with E-state index in [-0.39, 0.29) is 25.0 Å². The molecule has 5 heteroatoms. The molecule has 1 aliphatic carbocycles. The van der Waals surface area contributed by atoms with Gasteiger partial charge in [0, 0.05) is 18.5 Å². The van der Waals surface area contributed by atoms with Gasteiger partial charge in [0.05, 0.1) is 6.42 Å². The molecule has 2 unspecified atom stereocenters. The summed E-state index contributed by atoms with van der Waals surface area (Å²) in [6, 6.07) is 10.1. The first-order chi connectivity index (χ1) is 10.2. The largest absolute Gasteiger partial charge is 0.481 e. The minimum absolute atomic E-state index is 0.0554. The van der Waals surface area contributed by atoms with Gasteiger partial charge in [-0.1, -0.05) is 43.2 Å². The molecule has 114 valence electrons. The maximum Gasteiger partial charge on any atom is 0.315 e. The summed E-state index contributed by atoms with van der Waals surface area (Å²) in [5.74, 6) is -0.569. The maximum absolute atomic E-state index is 11.9. The second-order valence-corrected chi connectivity index (χ2v) is 5.45. The number of urea groups is 1. The van der Waals surface area contributed by atoms with Crippen molar-refractivity contribution < 1.29 is 14.7 Å². The molecule has 1 fully saturated rings. The number of carbonyl (C=O) groups is 2.